The molecule has 68 valence electrons. The number of benzene rings is 1. The van der Waals surface area contributed by atoms with Crippen LogP contribution < -0.4 is 10.1 Å². The fraction of sp³-hybridized carbons (Fsp3) is 0.125. The molecule has 1 aliphatic rings. The molecule has 5 heteroatoms. The number of carbonyl (C=O) groups is 1. The van der Waals surface area contributed by atoms with Crippen molar-refractivity contribution in [2.45, 2.75) is 4.46 Å². The molecule has 0 atom stereocenters. The third-order valence-electron chi connectivity index (χ3n) is 1.64. The zero-order chi connectivity index (χ0) is 9.47. The van der Waals surface area contributed by atoms with Crippen LogP contribution in [0.15, 0.2) is 24.3 Å². The topological polar surface area (TPSA) is 38.3 Å². The summed E-state index contributed by atoms with van der Waals surface area (Å²) in [6, 6.07) is 6.92. The molecule has 0 spiro atoms. The quantitative estimate of drug-likeness (QED) is 0.314. The molecule has 1 aromatic rings. The number of halogens is 2. The van der Waals surface area contributed by atoms with Crippen LogP contribution in [0.4, 0.5) is 5.69 Å². The van der Waals surface area contributed by atoms with E-state index in [0.29, 0.717) is 11.4 Å². The molecule has 3 nitrogen and oxygen atoms in total. The van der Waals surface area contributed by atoms with E-state index in [-0.39, 0.29) is 0 Å². The van der Waals surface area contributed by atoms with Gasteiger partial charge in [0.2, 0.25) is 0 Å². The molecule has 0 amide bonds. The van der Waals surface area contributed by atoms with E-state index in [1.54, 1.807) is 24.3 Å². The summed E-state index contributed by atoms with van der Waals surface area (Å²) in [7, 11) is 0. The van der Waals surface area contributed by atoms with Crippen molar-refractivity contribution in [3.8, 4) is 5.75 Å². The van der Waals surface area contributed by atoms with Crippen LogP contribution in [0.1, 0.15) is 0 Å². The molecule has 1 heterocycles. The van der Waals surface area contributed by atoms with Crippen molar-refractivity contribution >= 4 is 34.9 Å². The van der Waals surface area contributed by atoms with Gasteiger partial charge in [-0.15, -0.1) is 0 Å². The van der Waals surface area contributed by atoms with Gasteiger partial charge in [-0.1, -0.05) is 35.3 Å². The molecular formula is C8H5Cl2NO2. The Labute approximate surface area is 84.6 Å². The van der Waals surface area contributed by atoms with Crippen LogP contribution in [0.5, 0.6) is 5.75 Å². The SMILES string of the molecule is O=C1Oc2ccccc2NC1(Cl)Cl. The molecule has 1 aliphatic heterocycles. The normalized spacial score (nSPS) is 18.5. The highest BCUT2D eigenvalue weighted by atomic mass is 35.5. The maximum absolute atomic E-state index is 11.1. The lowest BCUT2D eigenvalue weighted by Crippen LogP contribution is -2.41. The summed E-state index contributed by atoms with van der Waals surface area (Å²) in [6.07, 6.45) is 0. The molecule has 0 bridgehead atoms. The standard InChI is InChI=1S/C8H5Cl2NO2/c9-8(10)7(12)13-6-4-2-1-3-5(6)11-8/h1-4,11H. The van der Waals surface area contributed by atoms with Crippen LogP contribution in [0.2, 0.25) is 0 Å². The minimum Gasteiger partial charge on any atom is -0.421 e. The first-order valence-electron chi connectivity index (χ1n) is 3.57. The molecule has 0 aliphatic carbocycles. The Morgan fingerprint density at radius 2 is 2.00 bits per heavy atom. The number of carbonyl (C=O) groups excluding carboxylic acids is 1. The first-order valence-corrected chi connectivity index (χ1v) is 4.32. The van der Waals surface area contributed by atoms with Crippen molar-refractivity contribution in [3.05, 3.63) is 24.3 Å². The number of para-hydroxylation sites is 2. The molecule has 0 aromatic heterocycles. The second-order valence-electron chi connectivity index (χ2n) is 2.59. The van der Waals surface area contributed by atoms with E-state index in [1.165, 1.54) is 0 Å². The van der Waals surface area contributed by atoms with E-state index in [2.05, 4.69) is 5.32 Å². The molecule has 1 aromatic carbocycles. The number of rotatable bonds is 0. The van der Waals surface area contributed by atoms with Crippen LogP contribution in [-0.2, 0) is 4.79 Å². The molecule has 0 unspecified atom stereocenters. The van der Waals surface area contributed by atoms with Gasteiger partial charge in [0.25, 0.3) is 4.46 Å². The highest BCUT2D eigenvalue weighted by Gasteiger charge is 2.40. The highest BCUT2D eigenvalue weighted by molar-refractivity contribution is 6.59. The van der Waals surface area contributed by atoms with Gasteiger partial charge in [-0.25, -0.2) is 4.79 Å². The molecule has 2 rings (SSSR count). The Balaban J connectivity index is 2.44. The smallest absolute Gasteiger partial charge is 0.369 e. The summed E-state index contributed by atoms with van der Waals surface area (Å²) >= 11 is 11.3. The number of fused-ring (bicyclic) bond motifs is 1. The van der Waals surface area contributed by atoms with Crippen molar-refractivity contribution in [1.29, 1.82) is 0 Å². The monoisotopic (exact) mass is 217 g/mol. The van der Waals surface area contributed by atoms with Gasteiger partial charge in [0.1, 0.15) is 0 Å². The summed E-state index contributed by atoms with van der Waals surface area (Å²) in [4.78, 5) is 11.1. The predicted molar refractivity (Wildman–Crippen MR) is 50.1 cm³/mol. The highest BCUT2D eigenvalue weighted by Crippen LogP contribution is 2.36. The number of esters is 1. The second-order valence-corrected chi connectivity index (χ2v) is 3.91. The van der Waals surface area contributed by atoms with E-state index in [1.807, 2.05) is 0 Å². The van der Waals surface area contributed by atoms with Gasteiger partial charge in [-0.2, -0.15) is 0 Å². The van der Waals surface area contributed by atoms with Gasteiger partial charge in [-0.05, 0) is 12.1 Å². The van der Waals surface area contributed by atoms with Crippen molar-refractivity contribution in [2.24, 2.45) is 0 Å². The molecule has 0 saturated carbocycles. The molecule has 1 N–H and O–H groups in total. The van der Waals surface area contributed by atoms with E-state index < -0.39 is 10.4 Å². The van der Waals surface area contributed by atoms with Crippen LogP contribution in [-0.4, -0.2) is 10.4 Å². The zero-order valence-electron chi connectivity index (χ0n) is 6.38. The third-order valence-corrected chi connectivity index (χ3v) is 2.14. The van der Waals surface area contributed by atoms with Crippen LogP contribution in [0.25, 0.3) is 0 Å². The Kier molecular flexibility index (Phi) is 1.86. The van der Waals surface area contributed by atoms with Gasteiger partial charge in [0.15, 0.2) is 5.75 Å². The number of hydrogen-bond acceptors (Lipinski definition) is 3. The van der Waals surface area contributed by atoms with E-state index in [9.17, 15) is 4.79 Å². The number of hydrogen-bond donors (Lipinski definition) is 1. The average molecular weight is 218 g/mol. The molecule has 13 heavy (non-hydrogen) atoms. The van der Waals surface area contributed by atoms with E-state index in [0.717, 1.165) is 0 Å². The van der Waals surface area contributed by atoms with Gasteiger partial charge >= 0.3 is 5.97 Å². The minimum absolute atomic E-state index is 0.435. The lowest BCUT2D eigenvalue weighted by molar-refractivity contribution is -0.135. The summed E-state index contributed by atoms with van der Waals surface area (Å²) in [6.45, 7) is 0. The van der Waals surface area contributed by atoms with Gasteiger partial charge in [-0.3, -0.25) is 0 Å². The lowest BCUT2D eigenvalue weighted by Gasteiger charge is -2.26. The summed E-state index contributed by atoms with van der Waals surface area (Å²) in [5, 5.41) is 2.64. The number of ether oxygens (including phenoxy) is 1. The number of nitrogens with one attached hydrogen (secondary N) is 1. The van der Waals surface area contributed by atoms with E-state index >= 15 is 0 Å². The average Bonchev–Trinajstić information content (AvgIpc) is 2.06. The lowest BCUT2D eigenvalue weighted by atomic mass is 10.2. The fourth-order valence-electron chi connectivity index (χ4n) is 1.04. The predicted octanol–water partition coefficient (Wildman–Crippen LogP) is 2.15. The Bertz CT molecular complexity index is 365. The Morgan fingerprint density at radius 3 is 2.77 bits per heavy atom. The first kappa shape index (κ1) is 8.66. The maximum atomic E-state index is 11.1. The van der Waals surface area contributed by atoms with Gasteiger partial charge in [0, 0.05) is 0 Å². The summed E-state index contributed by atoms with van der Waals surface area (Å²) < 4.78 is 3.20. The third kappa shape index (κ3) is 1.45. The van der Waals surface area contributed by atoms with Crippen molar-refractivity contribution in [1.82, 2.24) is 0 Å². The second kappa shape index (κ2) is 2.79. The Hall–Kier alpha value is -0.930. The molecular weight excluding hydrogens is 213 g/mol. The molecule has 0 radical (unpaired) electrons. The first-order chi connectivity index (χ1) is 6.09. The maximum Gasteiger partial charge on any atom is 0.369 e. The van der Waals surface area contributed by atoms with Gasteiger partial charge < -0.3 is 10.1 Å². The minimum atomic E-state index is -1.69. The fourth-order valence-corrected chi connectivity index (χ4v) is 1.32. The largest absolute Gasteiger partial charge is 0.421 e. The number of alkyl halides is 2. The van der Waals surface area contributed by atoms with Crippen molar-refractivity contribution in [3.63, 3.8) is 0 Å². The van der Waals surface area contributed by atoms with Crippen LogP contribution in [0, 0.1) is 0 Å². The van der Waals surface area contributed by atoms with E-state index in [4.69, 9.17) is 27.9 Å². The van der Waals surface area contributed by atoms with Gasteiger partial charge in [0.05, 0.1) is 5.69 Å². The Morgan fingerprint density at radius 1 is 1.31 bits per heavy atom. The number of anilines is 1. The van der Waals surface area contributed by atoms with Crippen molar-refractivity contribution in [2.75, 3.05) is 5.32 Å². The summed E-state index contributed by atoms with van der Waals surface area (Å²) in [5.41, 5.74) is 0.604. The van der Waals surface area contributed by atoms with Crippen LogP contribution in [0.3, 0.4) is 0 Å². The van der Waals surface area contributed by atoms with Crippen molar-refractivity contribution < 1.29 is 9.53 Å². The summed E-state index contributed by atoms with van der Waals surface area (Å²) in [5.74, 6) is -0.279. The zero-order valence-corrected chi connectivity index (χ0v) is 7.89. The van der Waals surface area contributed by atoms with Crippen LogP contribution >= 0.6 is 23.2 Å². The molecule has 0 saturated heterocycles. The molecule has 0 fully saturated rings.